The van der Waals surface area contributed by atoms with E-state index in [4.69, 9.17) is 0 Å². The van der Waals surface area contributed by atoms with Gasteiger partial charge in [0.2, 0.25) is 0 Å². The Morgan fingerprint density at radius 3 is 2.56 bits per heavy atom. The summed E-state index contributed by atoms with van der Waals surface area (Å²) in [5, 5.41) is 0. The maximum absolute atomic E-state index is 11.9. The Hall–Kier alpha value is -1.04. The number of ether oxygens (including phenoxy) is 1. The highest BCUT2D eigenvalue weighted by Crippen LogP contribution is 2.25. The van der Waals surface area contributed by atoms with Crippen molar-refractivity contribution in [3.05, 3.63) is 28.2 Å². The topological polar surface area (TPSA) is 26.3 Å². The lowest BCUT2D eigenvalue weighted by Crippen LogP contribution is -2.20. The van der Waals surface area contributed by atoms with E-state index in [0.29, 0.717) is 4.47 Å². The van der Waals surface area contributed by atoms with Crippen molar-refractivity contribution in [2.24, 2.45) is 0 Å². The van der Waals surface area contributed by atoms with Gasteiger partial charge >= 0.3 is 6.18 Å². The molecule has 0 fully saturated rings. The van der Waals surface area contributed by atoms with E-state index in [1.54, 1.807) is 0 Å². The van der Waals surface area contributed by atoms with E-state index in [9.17, 15) is 18.0 Å². The highest BCUT2D eigenvalue weighted by atomic mass is 79.9. The molecule has 1 rings (SSSR count). The van der Waals surface area contributed by atoms with Crippen molar-refractivity contribution in [1.29, 1.82) is 0 Å². The first kappa shape index (κ1) is 13.0. The number of halogens is 4. The van der Waals surface area contributed by atoms with E-state index < -0.39 is 12.8 Å². The number of carbonyl (C=O) groups is 1. The smallest absolute Gasteiger partial charge is 0.422 e. The summed E-state index contributed by atoms with van der Waals surface area (Å²) in [6, 6.07) is 4.26. The summed E-state index contributed by atoms with van der Waals surface area (Å²) in [7, 11) is 0. The molecule has 16 heavy (non-hydrogen) atoms. The summed E-state index contributed by atoms with van der Waals surface area (Å²) in [4.78, 5) is 11.2. The van der Waals surface area contributed by atoms with Gasteiger partial charge in [-0.1, -0.05) is 15.9 Å². The second kappa shape index (κ2) is 4.86. The largest absolute Gasteiger partial charge is 0.483 e. The van der Waals surface area contributed by atoms with Gasteiger partial charge in [-0.25, -0.2) is 0 Å². The Morgan fingerprint density at radius 1 is 1.44 bits per heavy atom. The number of benzene rings is 1. The Kier molecular flexibility index (Phi) is 3.96. The third kappa shape index (κ3) is 3.84. The molecule has 0 aliphatic rings. The predicted octanol–water partition coefficient (Wildman–Crippen LogP) is 3.59. The van der Waals surface area contributed by atoms with Crippen molar-refractivity contribution in [1.82, 2.24) is 0 Å². The molecule has 0 atom stereocenters. The molecular formula is C10H8BrF3O2. The summed E-state index contributed by atoms with van der Waals surface area (Å²) in [6.45, 7) is -0.142. The Balaban J connectivity index is 2.91. The van der Waals surface area contributed by atoms with Crippen LogP contribution in [-0.4, -0.2) is 18.6 Å². The minimum Gasteiger partial charge on any atom is -0.483 e. The average molecular weight is 297 g/mol. The second-order valence-corrected chi connectivity index (χ2v) is 4.02. The number of ketones is 1. The fraction of sp³-hybridized carbons (Fsp3) is 0.300. The van der Waals surface area contributed by atoms with E-state index in [1.807, 2.05) is 0 Å². The van der Waals surface area contributed by atoms with Gasteiger partial charge in [0.25, 0.3) is 0 Å². The number of hydrogen-bond acceptors (Lipinski definition) is 2. The molecule has 0 amide bonds. The van der Waals surface area contributed by atoms with Gasteiger partial charge in [-0.3, -0.25) is 4.79 Å². The summed E-state index contributed by atoms with van der Waals surface area (Å²) < 4.78 is 41.0. The summed E-state index contributed by atoms with van der Waals surface area (Å²) >= 11 is 3.13. The van der Waals surface area contributed by atoms with Gasteiger partial charge in [0.15, 0.2) is 12.4 Å². The molecule has 0 heterocycles. The highest BCUT2D eigenvalue weighted by Gasteiger charge is 2.29. The summed E-state index contributed by atoms with van der Waals surface area (Å²) in [5.41, 5.74) is 0.124. The van der Waals surface area contributed by atoms with Crippen LogP contribution < -0.4 is 4.74 Å². The first-order valence-electron chi connectivity index (χ1n) is 4.29. The Labute approximate surface area is 98.5 Å². The van der Waals surface area contributed by atoms with Crippen molar-refractivity contribution in [2.45, 2.75) is 13.1 Å². The molecule has 0 aromatic heterocycles. The Bertz CT molecular complexity index is 402. The van der Waals surface area contributed by atoms with Crippen LogP contribution in [0.1, 0.15) is 17.3 Å². The standard InChI is InChI=1S/C10H8BrF3O2/c1-6(15)8-4-7(11)2-3-9(8)16-5-10(12,13)14/h2-4H,5H2,1H3. The van der Waals surface area contributed by atoms with E-state index in [1.165, 1.54) is 25.1 Å². The summed E-state index contributed by atoms with van der Waals surface area (Å²) in [5.74, 6) is -0.411. The van der Waals surface area contributed by atoms with Crippen LogP contribution in [0.15, 0.2) is 22.7 Å². The molecule has 1 aromatic carbocycles. The first-order chi connectivity index (χ1) is 7.29. The van der Waals surface area contributed by atoms with Gasteiger partial charge in [0, 0.05) is 4.47 Å². The highest BCUT2D eigenvalue weighted by molar-refractivity contribution is 9.10. The molecule has 0 bridgehead atoms. The van der Waals surface area contributed by atoms with Crippen LogP contribution in [0.25, 0.3) is 0 Å². The molecule has 0 saturated heterocycles. The van der Waals surface area contributed by atoms with Crippen LogP contribution in [0.3, 0.4) is 0 Å². The second-order valence-electron chi connectivity index (χ2n) is 3.10. The van der Waals surface area contributed by atoms with Crippen LogP contribution in [0.4, 0.5) is 13.2 Å². The van der Waals surface area contributed by atoms with Crippen LogP contribution in [0.5, 0.6) is 5.75 Å². The van der Waals surface area contributed by atoms with E-state index in [2.05, 4.69) is 20.7 Å². The van der Waals surface area contributed by atoms with E-state index in [-0.39, 0.29) is 17.1 Å². The quantitative estimate of drug-likeness (QED) is 0.797. The lowest BCUT2D eigenvalue weighted by atomic mass is 10.1. The molecule has 0 N–H and O–H groups in total. The lowest BCUT2D eigenvalue weighted by molar-refractivity contribution is -0.153. The zero-order chi connectivity index (χ0) is 12.3. The SMILES string of the molecule is CC(=O)c1cc(Br)ccc1OCC(F)(F)F. The maximum atomic E-state index is 11.9. The fourth-order valence-corrected chi connectivity index (χ4v) is 1.42. The van der Waals surface area contributed by atoms with Crippen LogP contribution in [0.2, 0.25) is 0 Å². The molecule has 6 heteroatoms. The number of alkyl halides is 3. The number of Topliss-reactive ketones (excluding diaryl/α,β-unsaturated/α-hetero) is 1. The molecule has 0 aliphatic heterocycles. The van der Waals surface area contributed by atoms with Gasteiger partial charge < -0.3 is 4.74 Å². The van der Waals surface area contributed by atoms with Crippen LogP contribution >= 0.6 is 15.9 Å². The molecule has 0 radical (unpaired) electrons. The minimum atomic E-state index is -4.42. The van der Waals surface area contributed by atoms with E-state index in [0.717, 1.165) is 0 Å². The molecule has 0 aliphatic carbocycles. The number of carbonyl (C=O) groups excluding carboxylic acids is 1. The maximum Gasteiger partial charge on any atom is 0.422 e. The van der Waals surface area contributed by atoms with Crippen molar-refractivity contribution < 1.29 is 22.7 Å². The number of hydrogen-bond donors (Lipinski definition) is 0. The van der Waals surface area contributed by atoms with Crippen LogP contribution in [0, 0.1) is 0 Å². The van der Waals surface area contributed by atoms with Crippen molar-refractivity contribution in [3.63, 3.8) is 0 Å². The van der Waals surface area contributed by atoms with E-state index >= 15 is 0 Å². The Morgan fingerprint density at radius 2 is 2.06 bits per heavy atom. The average Bonchev–Trinajstić information content (AvgIpc) is 2.14. The minimum absolute atomic E-state index is 0.0620. The zero-order valence-corrected chi connectivity index (χ0v) is 9.85. The molecule has 88 valence electrons. The van der Waals surface area contributed by atoms with Gasteiger partial charge in [0.05, 0.1) is 5.56 Å². The molecule has 0 unspecified atom stereocenters. The lowest BCUT2D eigenvalue weighted by Gasteiger charge is -2.11. The molecule has 0 saturated carbocycles. The van der Waals surface area contributed by atoms with Gasteiger partial charge in [-0.2, -0.15) is 13.2 Å². The third-order valence-corrected chi connectivity index (χ3v) is 2.21. The fourth-order valence-electron chi connectivity index (χ4n) is 1.06. The van der Waals surface area contributed by atoms with Crippen molar-refractivity contribution >= 4 is 21.7 Å². The molecule has 0 spiro atoms. The third-order valence-electron chi connectivity index (χ3n) is 1.71. The molecule has 2 nitrogen and oxygen atoms in total. The van der Waals surface area contributed by atoms with Crippen molar-refractivity contribution in [3.8, 4) is 5.75 Å². The molecule has 1 aromatic rings. The monoisotopic (exact) mass is 296 g/mol. The zero-order valence-electron chi connectivity index (χ0n) is 8.27. The summed E-state index contributed by atoms with van der Waals surface area (Å²) in [6.07, 6.45) is -4.42. The van der Waals surface area contributed by atoms with Gasteiger partial charge in [-0.15, -0.1) is 0 Å². The molecular weight excluding hydrogens is 289 g/mol. The first-order valence-corrected chi connectivity index (χ1v) is 5.09. The predicted molar refractivity (Wildman–Crippen MR) is 55.7 cm³/mol. The normalized spacial score (nSPS) is 11.3. The van der Waals surface area contributed by atoms with Gasteiger partial charge in [0.1, 0.15) is 5.75 Å². The number of rotatable bonds is 3. The van der Waals surface area contributed by atoms with Gasteiger partial charge in [-0.05, 0) is 25.1 Å². The van der Waals surface area contributed by atoms with Crippen molar-refractivity contribution in [2.75, 3.05) is 6.61 Å². The van der Waals surface area contributed by atoms with Crippen LogP contribution in [-0.2, 0) is 0 Å².